The second-order valence-corrected chi connectivity index (χ2v) is 7.73. The summed E-state index contributed by atoms with van der Waals surface area (Å²) >= 11 is 0. The number of amides is 1. The lowest BCUT2D eigenvalue weighted by atomic mass is 9.92. The van der Waals surface area contributed by atoms with Crippen LogP contribution < -0.4 is 4.74 Å². The first-order valence-corrected chi connectivity index (χ1v) is 9.49. The second kappa shape index (κ2) is 6.45. The lowest BCUT2D eigenvalue weighted by molar-refractivity contribution is -0.140. The van der Waals surface area contributed by atoms with Crippen LogP contribution in [0.1, 0.15) is 51.6 Å². The van der Waals surface area contributed by atoms with Gasteiger partial charge in [0.1, 0.15) is 5.75 Å². The quantitative estimate of drug-likeness (QED) is 0.827. The van der Waals surface area contributed by atoms with Crippen LogP contribution in [0.2, 0.25) is 0 Å². The molecule has 1 aromatic carbocycles. The van der Waals surface area contributed by atoms with E-state index in [1.807, 2.05) is 30.3 Å². The summed E-state index contributed by atoms with van der Waals surface area (Å²) in [6.07, 6.45) is 5.07. The van der Waals surface area contributed by atoms with Crippen LogP contribution in [-0.4, -0.2) is 35.2 Å². The third-order valence-corrected chi connectivity index (χ3v) is 5.94. The smallest absolute Gasteiger partial charge is 0.235 e. The monoisotopic (exact) mass is 354 g/mol. The third kappa shape index (κ3) is 2.79. The molecule has 26 heavy (non-hydrogen) atoms. The van der Waals surface area contributed by atoms with Crippen molar-refractivity contribution in [2.24, 2.45) is 0 Å². The number of carbonyl (C=O) groups excluding carboxylic acids is 1. The van der Waals surface area contributed by atoms with Gasteiger partial charge < -0.3 is 14.2 Å². The summed E-state index contributed by atoms with van der Waals surface area (Å²) < 4.78 is 10.9. The molecule has 1 amide bonds. The molecule has 0 spiro atoms. The molecule has 2 fully saturated rings. The number of nitrogens with zero attached hydrogens (tertiary/aromatic N) is 2. The molecule has 0 radical (unpaired) electrons. The van der Waals surface area contributed by atoms with Crippen LogP contribution in [0, 0.1) is 0 Å². The highest BCUT2D eigenvalue weighted by Gasteiger charge is 2.56. The number of methoxy groups -OCH3 is 1. The lowest BCUT2D eigenvalue weighted by Crippen LogP contribution is -2.51. The number of likely N-dealkylation sites (tertiary alicyclic amines) is 1. The minimum Gasteiger partial charge on any atom is -0.497 e. The predicted molar refractivity (Wildman–Crippen MR) is 99.0 cm³/mol. The summed E-state index contributed by atoms with van der Waals surface area (Å²) in [5.41, 5.74) is 1.19. The van der Waals surface area contributed by atoms with Gasteiger partial charge in [-0.15, -0.1) is 0 Å². The van der Waals surface area contributed by atoms with Gasteiger partial charge >= 0.3 is 0 Å². The Labute approximate surface area is 154 Å². The molecule has 2 unspecified atom stereocenters. The van der Waals surface area contributed by atoms with Crippen LogP contribution in [0.25, 0.3) is 11.3 Å². The minimum atomic E-state index is -0.486. The van der Waals surface area contributed by atoms with Gasteiger partial charge in [-0.2, -0.15) is 0 Å². The molecule has 2 heterocycles. The Hall–Kier alpha value is -2.30. The van der Waals surface area contributed by atoms with Crippen molar-refractivity contribution < 1.29 is 14.1 Å². The van der Waals surface area contributed by atoms with Crippen LogP contribution in [0.4, 0.5) is 0 Å². The zero-order chi connectivity index (χ0) is 18.3. The standard InChI is InChI=1S/C21H26N2O3/c1-14-6-4-7-15(2)23(14)20(24)21(10-11-21)19-13-18(26-22-19)16-8-5-9-17(12-16)25-3/h5,8-9,12-15H,4,6-7,10-11H2,1-3H3. The Bertz CT molecular complexity index is 799. The number of piperidine rings is 1. The molecule has 5 nitrogen and oxygen atoms in total. The maximum absolute atomic E-state index is 13.4. The lowest BCUT2D eigenvalue weighted by Gasteiger charge is -2.40. The maximum atomic E-state index is 13.4. The Kier molecular flexibility index (Phi) is 4.25. The highest BCUT2D eigenvalue weighted by Crippen LogP contribution is 2.51. The molecule has 2 atom stereocenters. The van der Waals surface area contributed by atoms with Gasteiger partial charge in [-0.3, -0.25) is 4.79 Å². The first kappa shape index (κ1) is 17.1. The molecule has 1 saturated carbocycles. The number of hydrogen-bond donors (Lipinski definition) is 0. The Balaban J connectivity index is 1.61. The topological polar surface area (TPSA) is 55.6 Å². The van der Waals surface area contributed by atoms with E-state index in [1.54, 1.807) is 7.11 Å². The number of benzene rings is 1. The van der Waals surface area contributed by atoms with Crippen molar-refractivity contribution >= 4 is 5.91 Å². The van der Waals surface area contributed by atoms with Gasteiger partial charge in [-0.05, 0) is 58.1 Å². The normalized spacial score (nSPS) is 24.3. The molecule has 1 saturated heterocycles. The molecule has 5 heteroatoms. The number of hydrogen-bond acceptors (Lipinski definition) is 4. The number of ether oxygens (including phenoxy) is 1. The number of aromatic nitrogens is 1. The Morgan fingerprint density at radius 1 is 1.23 bits per heavy atom. The molecule has 1 aliphatic carbocycles. The summed E-state index contributed by atoms with van der Waals surface area (Å²) in [5.74, 6) is 1.68. The van der Waals surface area contributed by atoms with Gasteiger partial charge in [0.25, 0.3) is 0 Å². The molecule has 4 rings (SSSR count). The van der Waals surface area contributed by atoms with E-state index in [0.29, 0.717) is 17.8 Å². The molecule has 0 N–H and O–H groups in total. The van der Waals surface area contributed by atoms with E-state index in [4.69, 9.17) is 9.26 Å². The van der Waals surface area contributed by atoms with E-state index in [-0.39, 0.29) is 5.91 Å². The predicted octanol–water partition coefficient (Wildman–Crippen LogP) is 4.17. The van der Waals surface area contributed by atoms with Crippen LogP contribution in [0.3, 0.4) is 0 Å². The maximum Gasteiger partial charge on any atom is 0.235 e. The van der Waals surface area contributed by atoms with Crippen LogP contribution in [0.5, 0.6) is 5.75 Å². The molecule has 2 aromatic rings. The molecule has 1 aliphatic heterocycles. The minimum absolute atomic E-state index is 0.225. The Morgan fingerprint density at radius 3 is 2.62 bits per heavy atom. The van der Waals surface area contributed by atoms with E-state index < -0.39 is 5.41 Å². The first-order valence-electron chi connectivity index (χ1n) is 9.49. The van der Waals surface area contributed by atoms with E-state index in [9.17, 15) is 4.79 Å². The van der Waals surface area contributed by atoms with Gasteiger partial charge in [-0.1, -0.05) is 17.3 Å². The van der Waals surface area contributed by atoms with Crippen LogP contribution in [-0.2, 0) is 10.2 Å². The van der Waals surface area contributed by atoms with Crippen molar-refractivity contribution in [1.29, 1.82) is 0 Å². The zero-order valence-corrected chi connectivity index (χ0v) is 15.7. The van der Waals surface area contributed by atoms with Gasteiger partial charge in [-0.25, -0.2) is 0 Å². The van der Waals surface area contributed by atoms with Crippen molar-refractivity contribution in [2.45, 2.75) is 63.5 Å². The van der Waals surface area contributed by atoms with E-state index in [1.165, 1.54) is 6.42 Å². The van der Waals surface area contributed by atoms with Crippen molar-refractivity contribution in [2.75, 3.05) is 7.11 Å². The molecule has 1 aromatic heterocycles. The van der Waals surface area contributed by atoms with Crippen molar-refractivity contribution in [3.8, 4) is 17.1 Å². The van der Waals surface area contributed by atoms with Crippen LogP contribution in [0.15, 0.2) is 34.9 Å². The average molecular weight is 354 g/mol. The van der Waals surface area contributed by atoms with Gasteiger partial charge in [0.05, 0.1) is 18.2 Å². The van der Waals surface area contributed by atoms with Crippen molar-refractivity contribution in [3.63, 3.8) is 0 Å². The zero-order valence-electron chi connectivity index (χ0n) is 15.7. The molecule has 138 valence electrons. The fourth-order valence-electron chi connectivity index (χ4n) is 4.19. The van der Waals surface area contributed by atoms with E-state index in [0.717, 1.165) is 42.7 Å². The first-order chi connectivity index (χ1) is 12.5. The van der Waals surface area contributed by atoms with E-state index in [2.05, 4.69) is 23.9 Å². The van der Waals surface area contributed by atoms with Gasteiger partial charge in [0.15, 0.2) is 5.76 Å². The van der Waals surface area contributed by atoms with Gasteiger partial charge in [0, 0.05) is 23.7 Å². The number of carbonyl (C=O) groups is 1. The van der Waals surface area contributed by atoms with Crippen LogP contribution >= 0.6 is 0 Å². The summed E-state index contributed by atoms with van der Waals surface area (Å²) in [6.45, 7) is 4.32. The summed E-state index contributed by atoms with van der Waals surface area (Å²) in [4.78, 5) is 15.5. The largest absolute Gasteiger partial charge is 0.497 e. The molecular formula is C21H26N2O3. The average Bonchev–Trinajstić information content (AvgIpc) is 3.31. The SMILES string of the molecule is COc1cccc(-c2cc(C3(C(=O)N4C(C)CCCC4C)CC3)no2)c1. The number of rotatable bonds is 4. The van der Waals surface area contributed by atoms with Gasteiger partial charge in [0.2, 0.25) is 5.91 Å². The summed E-state index contributed by atoms with van der Waals surface area (Å²) in [6, 6.07) is 10.2. The Morgan fingerprint density at radius 2 is 1.96 bits per heavy atom. The summed E-state index contributed by atoms with van der Waals surface area (Å²) in [5, 5.41) is 4.28. The molecule has 2 aliphatic rings. The van der Waals surface area contributed by atoms with Crippen molar-refractivity contribution in [1.82, 2.24) is 10.1 Å². The molecular weight excluding hydrogens is 328 g/mol. The fourth-order valence-corrected chi connectivity index (χ4v) is 4.19. The van der Waals surface area contributed by atoms with Crippen molar-refractivity contribution in [3.05, 3.63) is 36.0 Å². The highest BCUT2D eigenvalue weighted by molar-refractivity contribution is 5.91. The second-order valence-electron chi connectivity index (χ2n) is 7.73. The summed E-state index contributed by atoms with van der Waals surface area (Å²) in [7, 11) is 1.64. The third-order valence-electron chi connectivity index (χ3n) is 5.94. The molecule has 0 bridgehead atoms. The highest BCUT2D eigenvalue weighted by atomic mass is 16.5. The fraction of sp³-hybridized carbons (Fsp3) is 0.524. The van der Waals surface area contributed by atoms with E-state index >= 15 is 0 Å².